The topological polar surface area (TPSA) is 91.1 Å². The largest absolute Gasteiger partial charge is 0.358 e. The van der Waals surface area contributed by atoms with Crippen molar-refractivity contribution in [2.24, 2.45) is 0 Å². The fourth-order valence-electron chi connectivity index (χ4n) is 3.69. The number of hydrogen-bond donors (Lipinski definition) is 3. The van der Waals surface area contributed by atoms with Gasteiger partial charge in [0.25, 0.3) is 0 Å². The predicted octanol–water partition coefficient (Wildman–Crippen LogP) is 2.96. The summed E-state index contributed by atoms with van der Waals surface area (Å²) in [6, 6.07) is 14.2. The van der Waals surface area contributed by atoms with Crippen LogP contribution in [0.2, 0.25) is 0 Å². The third-order valence-electron chi connectivity index (χ3n) is 4.90. The lowest BCUT2D eigenvalue weighted by molar-refractivity contribution is -0.114. The van der Waals surface area contributed by atoms with Crippen LogP contribution >= 0.6 is 0 Å². The number of benzene rings is 2. The van der Waals surface area contributed by atoms with Crippen molar-refractivity contribution in [3.8, 4) is 0 Å². The lowest BCUT2D eigenvalue weighted by atomic mass is 9.92. The van der Waals surface area contributed by atoms with Crippen molar-refractivity contribution < 1.29 is 13.2 Å². The molecule has 1 heterocycles. The molecule has 0 fully saturated rings. The van der Waals surface area contributed by atoms with Gasteiger partial charge in [-0.3, -0.25) is 4.79 Å². The molecule has 1 aromatic heterocycles. The molecule has 4 rings (SSSR count). The van der Waals surface area contributed by atoms with E-state index < -0.39 is 10.0 Å². The van der Waals surface area contributed by atoms with Gasteiger partial charge in [0.2, 0.25) is 15.9 Å². The number of amides is 1. The van der Waals surface area contributed by atoms with E-state index in [1.54, 1.807) is 12.1 Å². The SMILES string of the molecule is CC(=O)Nc1ccc(S(=O)(=O)NC2CCc3c([nH]c4ccccc34)C2)cc1. The fraction of sp³-hybridized carbons (Fsp3) is 0.250. The second-order valence-electron chi connectivity index (χ2n) is 6.89. The minimum absolute atomic E-state index is 0.148. The average Bonchev–Trinajstić information content (AvgIpc) is 2.99. The minimum Gasteiger partial charge on any atom is -0.358 e. The molecular formula is C20H21N3O3S. The van der Waals surface area contributed by atoms with Gasteiger partial charge in [-0.2, -0.15) is 0 Å². The summed E-state index contributed by atoms with van der Waals surface area (Å²) in [5.74, 6) is -0.194. The van der Waals surface area contributed by atoms with Crippen LogP contribution in [-0.2, 0) is 27.7 Å². The first-order valence-corrected chi connectivity index (χ1v) is 10.4. The predicted molar refractivity (Wildman–Crippen MR) is 105 cm³/mol. The Bertz CT molecular complexity index is 1100. The van der Waals surface area contributed by atoms with Gasteiger partial charge >= 0.3 is 0 Å². The molecule has 1 aliphatic carbocycles. The summed E-state index contributed by atoms with van der Waals surface area (Å²) in [6.45, 7) is 1.41. The summed E-state index contributed by atoms with van der Waals surface area (Å²) < 4.78 is 28.2. The van der Waals surface area contributed by atoms with Crippen molar-refractivity contribution in [3.05, 3.63) is 59.8 Å². The van der Waals surface area contributed by atoms with E-state index >= 15 is 0 Å². The zero-order valence-corrected chi connectivity index (χ0v) is 15.8. The Morgan fingerprint density at radius 2 is 1.85 bits per heavy atom. The summed E-state index contributed by atoms with van der Waals surface area (Å²) in [6.07, 6.45) is 2.25. The van der Waals surface area contributed by atoms with Crippen LogP contribution in [-0.4, -0.2) is 25.4 Å². The quantitative estimate of drug-likeness (QED) is 0.647. The molecule has 1 atom stereocenters. The molecule has 140 valence electrons. The third-order valence-corrected chi connectivity index (χ3v) is 6.44. The molecule has 3 N–H and O–H groups in total. The number of sulfonamides is 1. The van der Waals surface area contributed by atoms with Gasteiger partial charge in [-0.05, 0) is 48.7 Å². The standard InChI is InChI=1S/C20H21N3O3S/c1-13(24)21-14-6-9-16(10-7-14)27(25,26)23-15-8-11-18-17-4-2-3-5-19(17)22-20(18)12-15/h2-7,9-10,15,22-23H,8,11-12H2,1H3,(H,21,24). The first-order chi connectivity index (χ1) is 12.9. The number of H-pyrrole nitrogens is 1. The number of carbonyl (C=O) groups excluding carboxylic acids is 1. The van der Waals surface area contributed by atoms with Crippen molar-refractivity contribution in [1.82, 2.24) is 9.71 Å². The minimum atomic E-state index is -3.61. The normalized spacial score (nSPS) is 16.9. The molecule has 0 saturated carbocycles. The van der Waals surface area contributed by atoms with Crippen LogP contribution in [0.5, 0.6) is 0 Å². The number of para-hydroxylation sites is 1. The first kappa shape index (κ1) is 17.8. The zero-order valence-electron chi connectivity index (χ0n) is 15.0. The van der Waals surface area contributed by atoms with Gasteiger partial charge in [-0.25, -0.2) is 13.1 Å². The lowest BCUT2D eigenvalue weighted by Crippen LogP contribution is -2.38. The number of fused-ring (bicyclic) bond motifs is 3. The summed E-state index contributed by atoms with van der Waals surface area (Å²) in [7, 11) is -3.61. The molecule has 7 heteroatoms. The van der Waals surface area contributed by atoms with Crippen LogP contribution in [0.25, 0.3) is 10.9 Å². The maximum Gasteiger partial charge on any atom is 0.240 e. The van der Waals surface area contributed by atoms with Crippen LogP contribution in [0.3, 0.4) is 0 Å². The van der Waals surface area contributed by atoms with Crippen molar-refractivity contribution in [3.63, 3.8) is 0 Å². The molecule has 6 nitrogen and oxygen atoms in total. The highest BCUT2D eigenvalue weighted by molar-refractivity contribution is 7.89. The van der Waals surface area contributed by atoms with E-state index in [9.17, 15) is 13.2 Å². The van der Waals surface area contributed by atoms with Gasteiger partial charge in [0.05, 0.1) is 4.90 Å². The molecule has 0 saturated heterocycles. The lowest BCUT2D eigenvalue weighted by Gasteiger charge is -2.23. The first-order valence-electron chi connectivity index (χ1n) is 8.91. The molecule has 0 bridgehead atoms. The third kappa shape index (κ3) is 3.61. The Morgan fingerprint density at radius 1 is 1.11 bits per heavy atom. The van der Waals surface area contributed by atoms with E-state index in [1.807, 2.05) is 18.2 Å². The van der Waals surface area contributed by atoms with Crippen LogP contribution in [0, 0.1) is 0 Å². The van der Waals surface area contributed by atoms with Crippen LogP contribution in [0.15, 0.2) is 53.4 Å². The molecular weight excluding hydrogens is 362 g/mol. The Hall–Kier alpha value is -2.64. The number of aryl methyl sites for hydroxylation is 1. The zero-order chi connectivity index (χ0) is 19.0. The van der Waals surface area contributed by atoms with Crippen molar-refractivity contribution >= 4 is 32.5 Å². The van der Waals surface area contributed by atoms with E-state index in [1.165, 1.54) is 30.0 Å². The molecule has 3 aromatic rings. The number of carbonyl (C=O) groups is 1. The average molecular weight is 383 g/mol. The van der Waals surface area contributed by atoms with Crippen LogP contribution in [0.1, 0.15) is 24.6 Å². The number of aromatic amines is 1. The van der Waals surface area contributed by atoms with E-state index in [-0.39, 0.29) is 16.8 Å². The van der Waals surface area contributed by atoms with Gasteiger partial charge in [0.1, 0.15) is 0 Å². The second kappa shape index (κ2) is 6.83. The van der Waals surface area contributed by atoms with Gasteiger partial charge < -0.3 is 10.3 Å². The van der Waals surface area contributed by atoms with Gasteiger partial charge in [0.15, 0.2) is 0 Å². The fourth-order valence-corrected chi connectivity index (χ4v) is 4.96. The van der Waals surface area contributed by atoms with Crippen molar-refractivity contribution in [2.45, 2.75) is 37.1 Å². The highest BCUT2D eigenvalue weighted by Gasteiger charge is 2.26. The van der Waals surface area contributed by atoms with Crippen LogP contribution in [0.4, 0.5) is 5.69 Å². The number of anilines is 1. The van der Waals surface area contributed by atoms with E-state index in [0.29, 0.717) is 12.1 Å². The molecule has 0 radical (unpaired) electrons. The number of rotatable bonds is 4. The number of aromatic nitrogens is 1. The monoisotopic (exact) mass is 383 g/mol. The Kier molecular flexibility index (Phi) is 4.49. The molecule has 1 aliphatic rings. The maximum atomic E-state index is 12.7. The highest BCUT2D eigenvalue weighted by atomic mass is 32.2. The smallest absolute Gasteiger partial charge is 0.240 e. The molecule has 0 spiro atoms. The highest BCUT2D eigenvalue weighted by Crippen LogP contribution is 2.29. The number of hydrogen-bond acceptors (Lipinski definition) is 3. The van der Waals surface area contributed by atoms with Crippen LogP contribution < -0.4 is 10.0 Å². The molecule has 2 aromatic carbocycles. The van der Waals surface area contributed by atoms with Gasteiger partial charge in [-0.15, -0.1) is 0 Å². The van der Waals surface area contributed by atoms with E-state index in [4.69, 9.17) is 0 Å². The Balaban J connectivity index is 1.51. The Morgan fingerprint density at radius 3 is 2.59 bits per heavy atom. The molecule has 27 heavy (non-hydrogen) atoms. The summed E-state index contributed by atoms with van der Waals surface area (Å²) in [5.41, 5.74) is 4.07. The van der Waals surface area contributed by atoms with Crippen molar-refractivity contribution in [2.75, 3.05) is 5.32 Å². The van der Waals surface area contributed by atoms with Gasteiger partial charge in [0, 0.05) is 41.7 Å². The molecule has 1 unspecified atom stereocenters. The maximum absolute atomic E-state index is 12.7. The summed E-state index contributed by atoms with van der Waals surface area (Å²) in [4.78, 5) is 14.7. The molecule has 1 amide bonds. The summed E-state index contributed by atoms with van der Waals surface area (Å²) >= 11 is 0. The number of nitrogens with one attached hydrogen (secondary N) is 3. The Labute approximate surface area is 158 Å². The summed E-state index contributed by atoms with van der Waals surface area (Å²) in [5, 5.41) is 3.85. The molecule has 0 aliphatic heterocycles. The van der Waals surface area contributed by atoms with Crippen molar-refractivity contribution in [1.29, 1.82) is 0 Å². The van der Waals surface area contributed by atoms with E-state index in [0.717, 1.165) is 24.1 Å². The van der Waals surface area contributed by atoms with Gasteiger partial charge in [-0.1, -0.05) is 18.2 Å². The second-order valence-corrected chi connectivity index (χ2v) is 8.61. The van der Waals surface area contributed by atoms with E-state index in [2.05, 4.69) is 21.1 Å².